The number of nitrogens with two attached hydrogens (primary N) is 1. The van der Waals surface area contributed by atoms with E-state index in [1.54, 1.807) is 0 Å². The molecule has 2 atom stereocenters. The number of likely N-dealkylation sites (tertiary alicyclic amines) is 1. The molecule has 2 aliphatic rings. The predicted molar refractivity (Wildman–Crippen MR) is 64.6 cm³/mol. The lowest BCUT2D eigenvalue weighted by molar-refractivity contribution is -0.140. The number of halogens is 1. The van der Waals surface area contributed by atoms with Crippen molar-refractivity contribution in [3.63, 3.8) is 0 Å². The summed E-state index contributed by atoms with van der Waals surface area (Å²) in [6.45, 7) is 5.17. The molecular formula is C11H21ClN2O2. The Hall–Kier alpha value is -0.320. The molecule has 0 saturated carbocycles. The highest BCUT2D eigenvalue weighted by molar-refractivity contribution is 5.85. The molecule has 0 aliphatic carbocycles. The van der Waals surface area contributed by atoms with Crippen molar-refractivity contribution in [3.8, 4) is 0 Å². The molecule has 0 spiro atoms. The van der Waals surface area contributed by atoms with Crippen LogP contribution in [0, 0.1) is 5.41 Å². The van der Waals surface area contributed by atoms with Crippen LogP contribution in [-0.2, 0) is 9.53 Å². The monoisotopic (exact) mass is 248 g/mol. The van der Waals surface area contributed by atoms with Crippen molar-refractivity contribution >= 4 is 18.3 Å². The molecule has 0 aromatic rings. The van der Waals surface area contributed by atoms with Gasteiger partial charge in [-0.1, -0.05) is 6.92 Å². The fraction of sp³-hybridized carbons (Fsp3) is 0.909. The molecule has 2 unspecified atom stereocenters. The Kier molecular flexibility index (Phi) is 4.59. The molecule has 94 valence electrons. The van der Waals surface area contributed by atoms with Crippen LogP contribution in [0.25, 0.3) is 0 Å². The van der Waals surface area contributed by atoms with E-state index in [-0.39, 0.29) is 29.8 Å². The van der Waals surface area contributed by atoms with Gasteiger partial charge in [0.2, 0.25) is 0 Å². The van der Waals surface area contributed by atoms with E-state index in [1.165, 1.54) is 0 Å². The minimum absolute atomic E-state index is 0. The smallest absolute Gasteiger partial charge is 0.251 e. The van der Waals surface area contributed by atoms with Crippen molar-refractivity contribution < 1.29 is 9.53 Å². The highest BCUT2D eigenvalue weighted by Gasteiger charge is 2.38. The number of carbonyl (C=O) groups is 1. The first kappa shape index (κ1) is 13.7. The minimum atomic E-state index is -0.176. The molecule has 2 N–H and O–H groups in total. The van der Waals surface area contributed by atoms with Gasteiger partial charge in [0.1, 0.15) is 6.10 Å². The summed E-state index contributed by atoms with van der Waals surface area (Å²) in [4.78, 5) is 13.9. The molecule has 2 fully saturated rings. The second-order valence-corrected chi connectivity index (χ2v) is 5.03. The van der Waals surface area contributed by atoms with Crippen LogP contribution >= 0.6 is 12.4 Å². The van der Waals surface area contributed by atoms with Crippen molar-refractivity contribution in [3.05, 3.63) is 0 Å². The summed E-state index contributed by atoms with van der Waals surface area (Å²) in [6, 6.07) is 0. The van der Waals surface area contributed by atoms with Crippen LogP contribution in [0.3, 0.4) is 0 Å². The largest absolute Gasteiger partial charge is 0.368 e. The lowest BCUT2D eigenvalue weighted by Gasteiger charge is -2.24. The maximum absolute atomic E-state index is 12.0. The Morgan fingerprint density at radius 1 is 1.62 bits per heavy atom. The van der Waals surface area contributed by atoms with Crippen LogP contribution in [0.15, 0.2) is 0 Å². The second-order valence-electron chi connectivity index (χ2n) is 5.03. The predicted octanol–water partition coefficient (Wildman–Crippen LogP) is 0.784. The molecule has 0 bridgehead atoms. The summed E-state index contributed by atoms with van der Waals surface area (Å²) in [5.74, 6) is 0.171. The number of rotatable bonds is 2. The zero-order valence-corrected chi connectivity index (χ0v) is 10.6. The van der Waals surface area contributed by atoms with Gasteiger partial charge in [0.15, 0.2) is 0 Å². The standard InChI is InChI=1S/C11H20N2O2.ClH/c1-11(7-12)4-5-13(8-11)10(14)9-3-2-6-15-9;/h9H,2-8,12H2,1H3;1H. The number of nitrogens with zero attached hydrogens (tertiary/aromatic N) is 1. The fourth-order valence-corrected chi connectivity index (χ4v) is 2.35. The second kappa shape index (κ2) is 5.34. The quantitative estimate of drug-likeness (QED) is 0.786. The molecule has 4 nitrogen and oxygen atoms in total. The van der Waals surface area contributed by atoms with Crippen LogP contribution in [0.4, 0.5) is 0 Å². The molecule has 2 rings (SSSR count). The summed E-state index contributed by atoms with van der Waals surface area (Å²) < 4.78 is 5.41. The molecule has 16 heavy (non-hydrogen) atoms. The molecular weight excluding hydrogens is 228 g/mol. The first-order chi connectivity index (χ1) is 7.14. The molecule has 0 aromatic heterocycles. The molecule has 2 saturated heterocycles. The average molecular weight is 249 g/mol. The van der Waals surface area contributed by atoms with Crippen LogP contribution in [0.1, 0.15) is 26.2 Å². The van der Waals surface area contributed by atoms with E-state index >= 15 is 0 Å². The zero-order valence-electron chi connectivity index (χ0n) is 9.78. The summed E-state index contributed by atoms with van der Waals surface area (Å²) in [5.41, 5.74) is 5.83. The lowest BCUT2D eigenvalue weighted by atomic mass is 9.90. The third-order valence-electron chi connectivity index (χ3n) is 3.57. The first-order valence-corrected chi connectivity index (χ1v) is 5.75. The van der Waals surface area contributed by atoms with E-state index in [0.717, 1.165) is 39.0 Å². The zero-order chi connectivity index (χ0) is 10.9. The Balaban J connectivity index is 0.00000128. The van der Waals surface area contributed by atoms with Crippen molar-refractivity contribution in [2.75, 3.05) is 26.2 Å². The molecule has 2 aliphatic heterocycles. The topological polar surface area (TPSA) is 55.6 Å². The van der Waals surface area contributed by atoms with Gasteiger partial charge in [-0.15, -0.1) is 12.4 Å². The van der Waals surface area contributed by atoms with E-state index in [1.807, 2.05) is 4.90 Å². The van der Waals surface area contributed by atoms with Crippen LogP contribution in [0.5, 0.6) is 0 Å². The highest BCUT2D eigenvalue weighted by Crippen LogP contribution is 2.29. The van der Waals surface area contributed by atoms with Gasteiger partial charge in [-0.05, 0) is 31.2 Å². The fourth-order valence-electron chi connectivity index (χ4n) is 2.35. The van der Waals surface area contributed by atoms with E-state index < -0.39 is 0 Å². The van der Waals surface area contributed by atoms with Gasteiger partial charge in [0.25, 0.3) is 5.91 Å². The maximum atomic E-state index is 12.0. The third-order valence-corrected chi connectivity index (χ3v) is 3.57. The van der Waals surface area contributed by atoms with Crippen molar-refractivity contribution in [1.82, 2.24) is 4.90 Å². The molecule has 0 aromatic carbocycles. The summed E-state index contributed by atoms with van der Waals surface area (Å²) in [7, 11) is 0. The molecule has 0 radical (unpaired) electrons. The summed E-state index contributed by atoms with van der Waals surface area (Å²) >= 11 is 0. The number of ether oxygens (including phenoxy) is 1. The SMILES string of the molecule is CC1(CN)CCN(C(=O)C2CCCO2)C1.Cl. The summed E-state index contributed by atoms with van der Waals surface area (Å²) in [6.07, 6.45) is 2.74. The number of carbonyl (C=O) groups excluding carboxylic acids is 1. The van der Waals surface area contributed by atoms with Gasteiger partial charge < -0.3 is 15.4 Å². The molecule has 5 heteroatoms. The van der Waals surface area contributed by atoms with Crippen molar-refractivity contribution in [2.45, 2.75) is 32.3 Å². The Morgan fingerprint density at radius 2 is 2.38 bits per heavy atom. The van der Waals surface area contributed by atoms with E-state index in [9.17, 15) is 4.79 Å². The number of hydrogen-bond donors (Lipinski definition) is 1. The maximum Gasteiger partial charge on any atom is 0.251 e. The van der Waals surface area contributed by atoms with Crippen LogP contribution < -0.4 is 5.73 Å². The Morgan fingerprint density at radius 3 is 2.88 bits per heavy atom. The van der Waals surface area contributed by atoms with E-state index in [4.69, 9.17) is 10.5 Å². The average Bonchev–Trinajstić information content (AvgIpc) is 2.86. The van der Waals surface area contributed by atoms with Crippen molar-refractivity contribution in [1.29, 1.82) is 0 Å². The van der Waals surface area contributed by atoms with Gasteiger partial charge in [-0.2, -0.15) is 0 Å². The van der Waals surface area contributed by atoms with Gasteiger partial charge in [0, 0.05) is 19.7 Å². The van der Waals surface area contributed by atoms with E-state index in [2.05, 4.69) is 6.92 Å². The summed E-state index contributed by atoms with van der Waals surface area (Å²) in [5, 5.41) is 0. The van der Waals surface area contributed by atoms with Gasteiger partial charge in [-0.3, -0.25) is 4.79 Å². The number of amides is 1. The van der Waals surface area contributed by atoms with Gasteiger partial charge >= 0.3 is 0 Å². The normalized spacial score (nSPS) is 33.9. The third kappa shape index (κ3) is 2.67. The molecule has 2 heterocycles. The Bertz CT molecular complexity index is 256. The number of hydrogen-bond acceptors (Lipinski definition) is 3. The first-order valence-electron chi connectivity index (χ1n) is 5.75. The lowest BCUT2D eigenvalue weighted by Crippen LogP contribution is -2.39. The van der Waals surface area contributed by atoms with Crippen molar-refractivity contribution in [2.24, 2.45) is 11.1 Å². The minimum Gasteiger partial charge on any atom is -0.368 e. The molecule has 1 amide bonds. The Labute approximate surface area is 103 Å². The van der Waals surface area contributed by atoms with Crippen LogP contribution in [-0.4, -0.2) is 43.2 Å². The van der Waals surface area contributed by atoms with Gasteiger partial charge in [0.05, 0.1) is 0 Å². The van der Waals surface area contributed by atoms with Gasteiger partial charge in [-0.25, -0.2) is 0 Å². The highest BCUT2D eigenvalue weighted by atomic mass is 35.5. The van der Waals surface area contributed by atoms with Crippen LogP contribution in [0.2, 0.25) is 0 Å². The van der Waals surface area contributed by atoms with E-state index in [0.29, 0.717) is 6.54 Å².